The molecular weight excluding hydrogens is 290 g/mol. The lowest BCUT2D eigenvalue weighted by molar-refractivity contribution is -0.150. The lowest BCUT2D eigenvalue weighted by Gasteiger charge is -2.19. The van der Waals surface area contributed by atoms with Crippen molar-refractivity contribution in [1.29, 1.82) is 0 Å². The maximum Gasteiger partial charge on any atom is 0.334 e. The van der Waals surface area contributed by atoms with Crippen molar-refractivity contribution in [3.63, 3.8) is 0 Å². The number of carbonyl (C=O) groups excluding carboxylic acids is 1. The molecule has 0 unspecified atom stereocenters. The first-order chi connectivity index (χ1) is 10.8. The number of nitrogens with zero attached hydrogens (tertiary/aromatic N) is 1. The van der Waals surface area contributed by atoms with Gasteiger partial charge in [0.1, 0.15) is 11.9 Å². The molecule has 1 heterocycles. The van der Waals surface area contributed by atoms with E-state index in [4.69, 9.17) is 9.15 Å². The topological polar surface area (TPSA) is 52.3 Å². The fourth-order valence-electron chi connectivity index (χ4n) is 2.24. The maximum atomic E-state index is 11.9. The molecule has 0 aromatic carbocycles. The number of hydrogen-bond acceptors (Lipinski definition) is 4. The zero-order valence-electron chi connectivity index (χ0n) is 15.1. The average Bonchev–Trinajstić information content (AvgIpc) is 2.88. The van der Waals surface area contributed by atoms with Gasteiger partial charge in [0.2, 0.25) is 0 Å². The second-order valence-electron chi connectivity index (χ2n) is 7.03. The Labute approximate surface area is 140 Å². The van der Waals surface area contributed by atoms with Gasteiger partial charge in [0.25, 0.3) is 0 Å². The van der Waals surface area contributed by atoms with Crippen LogP contribution >= 0.6 is 0 Å². The van der Waals surface area contributed by atoms with E-state index in [1.165, 1.54) is 32.1 Å². The van der Waals surface area contributed by atoms with Crippen molar-refractivity contribution >= 4 is 5.97 Å². The molecule has 130 valence electrons. The van der Waals surface area contributed by atoms with Crippen molar-refractivity contribution in [3.05, 3.63) is 30.0 Å². The highest BCUT2D eigenvalue weighted by Gasteiger charge is 2.20. The van der Waals surface area contributed by atoms with Crippen LogP contribution in [-0.4, -0.2) is 16.6 Å². The van der Waals surface area contributed by atoms with Gasteiger partial charge in [-0.2, -0.15) is 0 Å². The predicted molar refractivity (Wildman–Crippen MR) is 92.3 cm³/mol. The highest BCUT2D eigenvalue weighted by Crippen LogP contribution is 2.15. The van der Waals surface area contributed by atoms with Crippen LogP contribution in [-0.2, 0) is 22.4 Å². The van der Waals surface area contributed by atoms with Crippen molar-refractivity contribution < 1.29 is 13.9 Å². The molecule has 4 heteroatoms. The highest BCUT2D eigenvalue weighted by atomic mass is 16.6. The summed E-state index contributed by atoms with van der Waals surface area (Å²) < 4.78 is 10.7. The number of hydrogen-bond donors (Lipinski definition) is 0. The van der Waals surface area contributed by atoms with Crippen molar-refractivity contribution in [2.75, 3.05) is 0 Å². The third-order valence-corrected chi connectivity index (χ3v) is 3.44. The van der Waals surface area contributed by atoms with Gasteiger partial charge < -0.3 is 9.15 Å². The van der Waals surface area contributed by atoms with Crippen LogP contribution in [0.15, 0.2) is 22.8 Å². The van der Waals surface area contributed by atoms with Crippen molar-refractivity contribution in [3.8, 4) is 0 Å². The first-order valence-corrected chi connectivity index (χ1v) is 8.66. The summed E-state index contributed by atoms with van der Waals surface area (Å²) in [6, 6.07) is 0. The summed E-state index contributed by atoms with van der Waals surface area (Å²) in [5.41, 5.74) is 0.805. The number of esters is 1. The largest absolute Gasteiger partial charge is 0.457 e. The molecule has 23 heavy (non-hydrogen) atoms. The molecule has 0 saturated carbocycles. The van der Waals surface area contributed by atoms with Gasteiger partial charge in [0.15, 0.2) is 5.89 Å². The van der Waals surface area contributed by atoms with Crippen LogP contribution in [0.3, 0.4) is 0 Å². The van der Waals surface area contributed by atoms with Gasteiger partial charge in [-0.25, -0.2) is 9.78 Å². The molecule has 0 fully saturated rings. The lowest BCUT2D eigenvalue weighted by atomic mass is 10.1. The molecule has 4 nitrogen and oxygen atoms in total. The van der Waals surface area contributed by atoms with E-state index in [1.54, 1.807) is 6.26 Å². The van der Waals surface area contributed by atoms with Crippen LogP contribution in [0.5, 0.6) is 0 Å². The van der Waals surface area contributed by atoms with Gasteiger partial charge >= 0.3 is 5.97 Å². The van der Waals surface area contributed by atoms with E-state index in [0.717, 1.165) is 18.5 Å². The zero-order chi connectivity index (χ0) is 17.3. The predicted octanol–water partition coefficient (Wildman–Crippen LogP) is 5.02. The fourth-order valence-corrected chi connectivity index (χ4v) is 2.24. The number of rotatable bonds is 10. The number of aromatic nitrogens is 1. The van der Waals surface area contributed by atoms with Gasteiger partial charge in [-0.05, 0) is 33.6 Å². The Morgan fingerprint density at radius 3 is 2.52 bits per heavy atom. The molecule has 0 aliphatic rings. The smallest absolute Gasteiger partial charge is 0.334 e. The van der Waals surface area contributed by atoms with Gasteiger partial charge in [-0.1, -0.05) is 45.6 Å². The Kier molecular flexibility index (Phi) is 8.07. The molecule has 0 saturated heterocycles. The summed E-state index contributed by atoms with van der Waals surface area (Å²) in [5, 5.41) is 0. The Balaban J connectivity index is 2.33. The van der Waals surface area contributed by atoms with E-state index in [-0.39, 0.29) is 0 Å². The number of aryl methyl sites for hydroxylation is 1. The molecular formula is C19H31NO3. The first-order valence-electron chi connectivity index (χ1n) is 8.66. The Hall–Kier alpha value is -1.58. The molecule has 0 radical (unpaired) electrons. The molecule has 0 amide bonds. The maximum absolute atomic E-state index is 11.9. The summed E-state index contributed by atoms with van der Waals surface area (Å²) >= 11 is 0. The summed E-state index contributed by atoms with van der Waals surface area (Å²) in [5.74, 6) is 0.134. The Morgan fingerprint density at radius 2 is 1.87 bits per heavy atom. The third kappa shape index (κ3) is 8.58. The van der Waals surface area contributed by atoms with E-state index in [1.807, 2.05) is 20.8 Å². The highest BCUT2D eigenvalue weighted by molar-refractivity contribution is 5.88. The van der Waals surface area contributed by atoms with E-state index < -0.39 is 11.6 Å². The van der Waals surface area contributed by atoms with Crippen LogP contribution in [0.2, 0.25) is 0 Å². The molecule has 0 aliphatic heterocycles. The lowest BCUT2D eigenvalue weighted by Crippen LogP contribution is -2.25. The van der Waals surface area contributed by atoms with E-state index >= 15 is 0 Å². The molecule has 1 rings (SSSR count). The van der Waals surface area contributed by atoms with Crippen LogP contribution < -0.4 is 0 Å². The Morgan fingerprint density at radius 1 is 1.22 bits per heavy atom. The number of ether oxygens (including phenoxy) is 1. The van der Waals surface area contributed by atoms with Crippen LogP contribution in [0.1, 0.15) is 77.8 Å². The second-order valence-corrected chi connectivity index (χ2v) is 7.03. The Bertz CT molecular complexity index is 497. The van der Waals surface area contributed by atoms with Crippen molar-refractivity contribution in [1.82, 2.24) is 4.98 Å². The van der Waals surface area contributed by atoms with Gasteiger partial charge in [-0.15, -0.1) is 0 Å². The molecule has 0 atom stereocenters. The van der Waals surface area contributed by atoms with Crippen molar-refractivity contribution in [2.45, 2.75) is 84.7 Å². The zero-order valence-corrected chi connectivity index (χ0v) is 15.1. The molecule has 0 spiro atoms. The van der Waals surface area contributed by atoms with Crippen LogP contribution in [0.25, 0.3) is 0 Å². The fraction of sp³-hybridized carbons (Fsp3) is 0.684. The summed E-state index contributed by atoms with van der Waals surface area (Å²) in [6.45, 7) is 11.5. The molecule has 1 aromatic rings. The quantitative estimate of drug-likeness (QED) is 0.345. The van der Waals surface area contributed by atoms with Crippen LogP contribution in [0.4, 0.5) is 0 Å². The average molecular weight is 321 g/mol. The summed E-state index contributed by atoms with van der Waals surface area (Å²) in [6.07, 6.45) is 10.5. The first kappa shape index (κ1) is 19.5. The van der Waals surface area contributed by atoms with Crippen molar-refractivity contribution in [2.24, 2.45) is 0 Å². The van der Waals surface area contributed by atoms with E-state index in [9.17, 15) is 4.79 Å². The van der Waals surface area contributed by atoms with Crippen LogP contribution in [0, 0.1) is 0 Å². The number of unbranched alkanes of at least 4 members (excludes halogenated alkanes) is 5. The minimum Gasteiger partial charge on any atom is -0.457 e. The molecule has 0 N–H and O–H groups in total. The summed E-state index contributed by atoms with van der Waals surface area (Å²) in [7, 11) is 0. The molecule has 0 bridgehead atoms. The number of oxazole rings is 1. The molecule has 0 aliphatic carbocycles. The summed E-state index contributed by atoms with van der Waals surface area (Å²) in [4.78, 5) is 16.3. The van der Waals surface area contributed by atoms with E-state index in [2.05, 4.69) is 18.5 Å². The van der Waals surface area contributed by atoms with Gasteiger partial charge in [-0.3, -0.25) is 0 Å². The van der Waals surface area contributed by atoms with Gasteiger partial charge in [0, 0.05) is 5.57 Å². The third-order valence-electron chi connectivity index (χ3n) is 3.44. The molecule has 1 aromatic heterocycles. The minimum atomic E-state index is -0.514. The van der Waals surface area contributed by atoms with Gasteiger partial charge in [0.05, 0.1) is 12.1 Å². The normalized spacial score (nSPS) is 11.5. The standard InChI is InChI=1S/C19H31NO3/c1-6-7-8-9-10-11-12-16-14-22-17(20-16)13-15(2)18(21)23-19(3,4)5/h14H,2,6-13H2,1,3-5H3. The minimum absolute atomic E-state index is 0.297. The SMILES string of the molecule is C=C(Cc1nc(CCCCCCCC)co1)C(=O)OC(C)(C)C. The van der Waals surface area contributed by atoms with E-state index in [0.29, 0.717) is 17.9 Å². The monoisotopic (exact) mass is 321 g/mol. The number of carbonyl (C=O) groups is 1. The second kappa shape index (κ2) is 9.53.